The Morgan fingerprint density at radius 2 is 1.94 bits per heavy atom. The van der Waals surface area contributed by atoms with Crippen LogP contribution in [0.3, 0.4) is 0 Å². The maximum Gasteiger partial charge on any atom is 0.241 e. The number of carbonyl (C=O) groups is 1. The van der Waals surface area contributed by atoms with Gasteiger partial charge >= 0.3 is 0 Å². The number of hydrogen-bond acceptors (Lipinski definition) is 2. The number of rotatable bonds is 3. The zero-order valence-electron chi connectivity index (χ0n) is 9.95. The van der Waals surface area contributed by atoms with Crippen molar-refractivity contribution in [1.29, 1.82) is 0 Å². The smallest absolute Gasteiger partial charge is 0.241 e. The van der Waals surface area contributed by atoms with Crippen molar-refractivity contribution in [2.75, 3.05) is 33.2 Å². The fourth-order valence-electron chi connectivity index (χ4n) is 1.63. The Bertz CT molecular complexity index is 239. The molecule has 1 fully saturated rings. The predicted octanol–water partition coefficient (Wildman–Crippen LogP) is 0.412. The van der Waals surface area contributed by atoms with E-state index >= 15 is 0 Å². The first-order chi connectivity index (χ1) is 7.27. The first-order valence-corrected chi connectivity index (χ1v) is 5.50. The van der Waals surface area contributed by atoms with Crippen LogP contribution < -0.4 is 10.6 Å². The fourth-order valence-corrected chi connectivity index (χ4v) is 1.63. The van der Waals surface area contributed by atoms with Gasteiger partial charge in [-0.15, -0.1) is 24.0 Å². The quantitative estimate of drug-likeness (QED) is 0.445. The van der Waals surface area contributed by atoms with Crippen molar-refractivity contribution >= 4 is 35.8 Å². The van der Waals surface area contributed by atoms with E-state index in [-0.39, 0.29) is 29.9 Å². The Hall–Kier alpha value is -0.530. The van der Waals surface area contributed by atoms with Crippen LogP contribution in [0.4, 0.5) is 0 Å². The van der Waals surface area contributed by atoms with E-state index in [1.54, 1.807) is 7.05 Å². The van der Waals surface area contributed by atoms with Crippen molar-refractivity contribution in [3.8, 4) is 0 Å². The first-order valence-electron chi connectivity index (χ1n) is 5.50. The van der Waals surface area contributed by atoms with Crippen molar-refractivity contribution in [2.24, 2.45) is 4.99 Å². The minimum Gasteiger partial charge on any atom is -0.357 e. The number of aliphatic imine (C=N–C) groups is 1. The highest BCUT2D eigenvalue weighted by molar-refractivity contribution is 14.0. The second kappa shape index (κ2) is 8.60. The zero-order valence-corrected chi connectivity index (χ0v) is 12.3. The molecule has 0 atom stereocenters. The highest BCUT2D eigenvalue weighted by Crippen LogP contribution is 2.06. The number of halogens is 1. The van der Waals surface area contributed by atoms with Gasteiger partial charge in [0.15, 0.2) is 5.96 Å². The van der Waals surface area contributed by atoms with Crippen LogP contribution in [0.1, 0.15) is 19.8 Å². The second-order valence-corrected chi connectivity index (χ2v) is 3.54. The number of nitrogens with zero attached hydrogens (tertiary/aromatic N) is 2. The maximum atomic E-state index is 11.7. The topological polar surface area (TPSA) is 56.7 Å². The highest BCUT2D eigenvalue weighted by Gasteiger charge is 2.17. The lowest BCUT2D eigenvalue weighted by molar-refractivity contribution is -0.128. The van der Waals surface area contributed by atoms with Crippen LogP contribution in [-0.2, 0) is 4.79 Å². The summed E-state index contributed by atoms with van der Waals surface area (Å²) in [5.41, 5.74) is 0. The molecule has 0 aromatic rings. The first kappa shape index (κ1) is 15.5. The monoisotopic (exact) mass is 340 g/mol. The number of guanidine groups is 1. The van der Waals surface area contributed by atoms with Gasteiger partial charge in [0, 0.05) is 26.7 Å². The van der Waals surface area contributed by atoms with Crippen molar-refractivity contribution < 1.29 is 4.79 Å². The normalized spacial score (nSPS) is 15.6. The molecule has 0 spiro atoms. The van der Waals surface area contributed by atoms with Gasteiger partial charge < -0.3 is 15.5 Å². The van der Waals surface area contributed by atoms with Gasteiger partial charge in [0.2, 0.25) is 5.91 Å². The third kappa shape index (κ3) is 5.00. The van der Waals surface area contributed by atoms with Gasteiger partial charge in [-0.3, -0.25) is 9.79 Å². The summed E-state index contributed by atoms with van der Waals surface area (Å²) in [6, 6.07) is 0. The molecule has 1 heterocycles. The van der Waals surface area contributed by atoms with Gasteiger partial charge in [-0.05, 0) is 19.8 Å². The molecule has 1 rings (SSSR count). The van der Waals surface area contributed by atoms with Crippen molar-refractivity contribution in [1.82, 2.24) is 15.5 Å². The molecule has 1 aliphatic rings. The molecule has 0 aromatic carbocycles. The van der Waals surface area contributed by atoms with Crippen molar-refractivity contribution in [3.63, 3.8) is 0 Å². The molecule has 16 heavy (non-hydrogen) atoms. The van der Waals surface area contributed by atoms with Crippen LogP contribution in [0.5, 0.6) is 0 Å². The van der Waals surface area contributed by atoms with Crippen LogP contribution in [0.2, 0.25) is 0 Å². The molecule has 2 N–H and O–H groups in total. The van der Waals surface area contributed by atoms with Crippen LogP contribution in [0.25, 0.3) is 0 Å². The van der Waals surface area contributed by atoms with Gasteiger partial charge in [-0.25, -0.2) is 0 Å². The number of amides is 1. The molecule has 0 aliphatic carbocycles. The Morgan fingerprint density at radius 1 is 1.31 bits per heavy atom. The fraction of sp³-hybridized carbons (Fsp3) is 0.800. The SMILES string of the molecule is CCNC(=NC)NCC(=O)N1CCCC1.I. The average molecular weight is 340 g/mol. The summed E-state index contributed by atoms with van der Waals surface area (Å²) >= 11 is 0. The maximum absolute atomic E-state index is 11.7. The molecule has 6 heteroatoms. The van der Waals surface area contributed by atoms with Crippen molar-refractivity contribution in [2.45, 2.75) is 19.8 Å². The molecule has 0 unspecified atom stereocenters. The molecule has 94 valence electrons. The second-order valence-electron chi connectivity index (χ2n) is 3.54. The van der Waals surface area contributed by atoms with E-state index in [4.69, 9.17) is 0 Å². The van der Waals surface area contributed by atoms with Crippen molar-refractivity contribution in [3.05, 3.63) is 0 Å². The van der Waals surface area contributed by atoms with Gasteiger partial charge in [-0.2, -0.15) is 0 Å². The lowest BCUT2D eigenvalue weighted by Gasteiger charge is -2.16. The summed E-state index contributed by atoms with van der Waals surface area (Å²) in [5.74, 6) is 0.844. The minimum absolute atomic E-state index is 0. The molecular formula is C10H21IN4O. The van der Waals surface area contributed by atoms with Gasteiger partial charge in [0.05, 0.1) is 6.54 Å². The summed E-state index contributed by atoms with van der Waals surface area (Å²) in [6.07, 6.45) is 2.27. The molecule has 0 aromatic heterocycles. The Balaban J connectivity index is 0.00000225. The van der Waals surface area contributed by atoms with E-state index in [0.717, 1.165) is 32.5 Å². The molecule has 0 radical (unpaired) electrons. The van der Waals surface area contributed by atoms with Gasteiger partial charge in [0.25, 0.3) is 0 Å². The summed E-state index contributed by atoms with van der Waals surface area (Å²) in [4.78, 5) is 17.5. The lowest BCUT2D eigenvalue weighted by Crippen LogP contribution is -2.43. The lowest BCUT2D eigenvalue weighted by atomic mass is 10.4. The van der Waals surface area contributed by atoms with E-state index in [2.05, 4.69) is 15.6 Å². The third-order valence-electron chi connectivity index (χ3n) is 2.43. The molecular weight excluding hydrogens is 319 g/mol. The van der Waals surface area contributed by atoms with E-state index in [1.807, 2.05) is 11.8 Å². The number of hydrogen-bond donors (Lipinski definition) is 2. The minimum atomic E-state index is 0. The Labute approximate surface area is 114 Å². The standard InChI is InChI=1S/C10H20N4O.HI/c1-3-12-10(11-2)13-8-9(15)14-6-4-5-7-14;/h3-8H2,1-2H3,(H2,11,12,13);1H. The summed E-state index contributed by atoms with van der Waals surface area (Å²) in [6.45, 7) is 4.94. The predicted molar refractivity (Wildman–Crippen MR) is 76.3 cm³/mol. The molecule has 1 aliphatic heterocycles. The van der Waals surface area contributed by atoms with E-state index < -0.39 is 0 Å². The molecule has 1 saturated heterocycles. The van der Waals surface area contributed by atoms with Crippen LogP contribution in [-0.4, -0.2) is 50.0 Å². The van der Waals surface area contributed by atoms with Gasteiger partial charge in [-0.1, -0.05) is 0 Å². The van der Waals surface area contributed by atoms with Crippen LogP contribution in [0, 0.1) is 0 Å². The summed E-state index contributed by atoms with van der Waals surface area (Å²) in [5, 5.41) is 6.04. The number of nitrogens with one attached hydrogen (secondary N) is 2. The van der Waals surface area contributed by atoms with E-state index in [0.29, 0.717) is 12.5 Å². The average Bonchev–Trinajstić information content (AvgIpc) is 2.77. The van der Waals surface area contributed by atoms with Crippen LogP contribution in [0.15, 0.2) is 4.99 Å². The highest BCUT2D eigenvalue weighted by atomic mass is 127. The number of likely N-dealkylation sites (tertiary alicyclic amines) is 1. The zero-order chi connectivity index (χ0) is 11.1. The van der Waals surface area contributed by atoms with E-state index in [9.17, 15) is 4.79 Å². The molecule has 1 amide bonds. The molecule has 0 saturated carbocycles. The van der Waals surface area contributed by atoms with Gasteiger partial charge in [0.1, 0.15) is 0 Å². The van der Waals surface area contributed by atoms with E-state index in [1.165, 1.54) is 0 Å². The Morgan fingerprint density at radius 3 is 2.44 bits per heavy atom. The van der Waals surface area contributed by atoms with Crippen LogP contribution >= 0.6 is 24.0 Å². The summed E-state index contributed by atoms with van der Waals surface area (Å²) in [7, 11) is 1.70. The third-order valence-corrected chi connectivity index (χ3v) is 2.43. The molecule has 5 nitrogen and oxygen atoms in total. The Kier molecular flexibility index (Phi) is 8.32. The summed E-state index contributed by atoms with van der Waals surface area (Å²) < 4.78 is 0. The number of carbonyl (C=O) groups excluding carboxylic acids is 1. The largest absolute Gasteiger partial charge is 0.357 e. The molecule has 0 bridgehead atoms.